The van der Waals surface area contributed by atoms with E-state index in [0.717, 1.165) is 40.7 Å². The maximum atomic E-state index is 14.2. The predicted molar refractivity (Wildman–Crippen MR) is 97.4 cm³/mol. The van der Waals surface area contributed by atoms with Crippen molar-refractivity contribution >= 4 is 15.7 Å². The van der Waals surface area contributed by atoms with E-state index < -0.39 is 32.6 Å². The van der Waals surface area contributed by atoms with E-state index in [-0.39, 0.29) is 35.0 Å². The molecule has 0 saturated heterocycles. The zero-order valence-electron chi connectivity index (χ0n) is 15.1. The van der Waals surface area contributed by atoms with Crippen LogP contribution in [-0.2, 0) is 10.0 Å². The summed E-state index contributed by atoms with van der Waals surface area (Å²) in [4.78, 5) is 9.89. The summed E-state index contributed by atoms with van der Waals surface area (Å²) in [6.45, 7) is 1.24. The van der Waals surface area contributed by atoms with Gasteiger partial charge in [-0.25, -0.2) is 17.2 Å². The molecule has 0 aliphatic heterocycles. The summed E-state index contributed by atoms with van der Waals surface area (Å²) in [5, 5.41) is 10.7. The molecule has 2 N–H and O–H groups in total. The number of nitrogens with two attached hydrogens (primary N) is 1. The van der Waals surface area contributed by atoms with Crippen molar-refractivity contribution in [3.63, 3.8) is 0 Å². The molecular weight excluding hydrogens is 396 g/mol. The van der Waals surface area contributed by atoms with Crippen molar-refractivity contribution in [2.45, 2.75) is 17.9 Å². The van der Waals surface area contributed by atoms with Gasteiger partial charge in [0.05, 0.1) is 16.9 Å². The summed E-state index contributed by atoms with van der Waals surface area (Å²) in [6, 6.07) is 4.91. The van der Waals surface area contributed by atoms with Crippen LogP contribution in [0.5, 0.6) is 5.75 Å². The van der Waals surface area contributed by atoms with Gasteiger partial charge in [-0.05, 0) is 18.2 Å². The second kappa shape index (κ2) is 8.59. The van der Waals surface area contributed by atoms with E-state index in [9.17, 15) is 27.3 Å². The molecule has 0 heterocycles. The van der Waals surface area contributed by atoms with Crippen LogP contribution in [0.3, 0.4) is 0 Å². The molecular formula is C17H19F2N3O5S. The fraction of sp³-hybridized carbons (Fsp3) is 0.294. The highest BCUT2D eigenvalue weighted by molar-refractivity contribution is 7.89. The van der Waals surface area contributed by atoms with E-state index in [1.807, 2.05) is 0 Å². The molecule has 2 rings (SSSR count). The minimum atomic E-state index is -4.04. The van der Waals surface area contributed by atoms with Crippen LogP contribution in [0.15, 0.2) is 41.3 Å². The van der Waals surface area contributed by atoms with Crippen molar-refractivity contribution in [3.8, 4) is 5.75 Å². The van der Waals surface area contributed by atoms with Gasteiger partial charge in [-0.1, -0.05) is 6.92 Å². The van der Waals surface area contributed by atoms with Crippen LogP contribution in [0, 0.1) is 21.7 Å². The zero-order valence-corrected chi connectivity index (χ0v) is 15.9. The number of benzene rings is 2. The fourth-order valence-electron chi connectivity index (χ4n) is 2.59. The molecule has 2 aromatic carbocycles. The van der Waals surface area contributed by atoms with Gasteiger partial charge in [0.25, 0.3) is 5.69 Å². The van der Waals surface area contributed by atoms with Gasteiger partial charge in [0.2, 0.25) is 10.0 Å². The Hall–Kier alpha value is -2.63. The maximum absolute atomic E-state index is 14.2. The van der Waals surface area contributed by atoms with Crippen LogP contribution >= 0.6 is 0 Å². The van der Waals surface area contributed by atoms with Crippen LogP contribution in [0.25, 0.3) is 0 Å². The Labute approximate surface area is 160 Å². The summed E-state index contributed by atoms with van der Waals surface area (Å²) in [7, 11) is -2.86. The van der Waals surface area contributed by atoms with Gasteiger partial charge in [0.15, 0.2) is 11.6 Å². The Kier molecular flexibility index (Phi) is 6.65. The SMILES string of the molecule is CCN(C[C@H](N)c1cc(F)c(OC)cc1F)S(=O)(=O)c1ccc([N+](=O)[O-])cc1. The van der Waals surface area contributed by atoms with E-state index in [2.05, 4.69) is 0 Å². The lowest BCUT2D eigenvalue weighted by atomic mass is 10.1. The molecule has 1 atom stereocenters. The average molecular weight is 415 g/mol. The number of hydrogen-bond donors (Lipinski definition) is 1. The Morgan fingerprint density at radius 2 is 1.82 bits per heavy atom. The summed E-state index contributed by atoms with van der Waals surface area (Å²) in [5.41, 5.74) is 5.47. The third kappa shape index (κ3) is 4.43. The first-order valence-corrected chi connectivity index (χ1v) is 9.59. The summed E-state index contributed by atoms with van der Waals surface area (Å²) >= 11 is 0. The first-order valence-electron chi connectivity index (χ1n) is 8.15. The molecule has 0 spiro atoms. The fourth-order valence-corrected chi connectivity index (χ4v) is 4.06. The number of methoxy groups -OCH3 is 1. The lowest BCUT2D eigenvalue weighted by molar-refractivity contribution is -0.384. The van der Waals surface area contributed by atoms with Crippen molar-refractivity contribution in [2.24, 2.45) is 5.73 Å². The molecule has 0 unspecified atom stereocenters. The maximum Gasteiger partial charge on any atom is 0.269 e. The molecule has 0 saturated carbocycles. The molecule has 0 aliphatic carbocycles. The van der Waals surface area contributed by atoms with Crippen LogP contribution in [-0.4, -0.2) is 37.8 Å². The second-order valence-electron chi connectivity index (χ2n) is 5.82. The molecule has 2 aromatic rings. The minimum absolute atomic E-state index is 0.00722. The molecule has 0 bridgehead atoms. The number of nitrogens with zero attached hydrogens (tertiary/aromatic N) is 2. The quantitative estimate of drug-likeness (QED) is 0.523. The average Bonchev–Trinajstić information content (AvgIpc) is 2.67. The normalized spacial score (nSPS) is 12.8. The topological polar surface area (TPSA) is 116 Å². The number of sulfonamides is 1. The van der Waals surface area contributed by atoms with Crippen LogP contribution in [0.2, 0.25) is 0 Å². The number of nitro benzene ring substituents is 1. The lowest BCUT2D eigenvalue weighted by Gasteiger charge is -2.24. The van der Waals surface area contributed by atoms with Gasteiger partial charge in [0.1, 0.15) is 5.82 Å². The van der Waals surface area contributed by atoms with Crippen molar-refractivity contribution < 1.29 is 26.9 Å². The molecule has 0 aromatic heterocycles. The van der Waals surface area contributed by atoms with E-state index in [4.69, 9.17) is 10.5 Å². The van der Waals surface area contributed by atoms with Crippen molar-refractivity contribution in [1.82, 2.24) is 4.31 Å². The molecule has 152 valence electrons. The molecule has 0 amide bonds. The Balaban J connectivity index is 2.29. The summed E-state index contributed by atoms with van der Waals surface area (Å²) < 4.78 is 59.3. The van der Waals surface area contributed by atoms with E-state index in [1.54, 1.807) is 6.92 Å². The molecule has 28 heavy (non-hydrogen) atoms. The van der Waals surface area contributed by atoms with Gasteiger partial charge >= 0.3 is 0 Å². The minimum Gasteiger partial charge on any atom is -0.494 e. The van der Waals surface area contributed by atoms with Crippen molar-refractivity contribution in [3.05, 3.63) is 63.7 Å². The van der Waals surface area contributed by atoms with Gasteiger partial charge in [-0.15, -0.1) is 0 Å². The Bertz CT molecular complexity index is 968. The zero-order chi connectivity index (χ0) is 21.1. The first kappa shape index (κ1) is 21.7. The Morgan fingerprint density at radius 1 is 1.21 bits per heavy atom. The van der Waals surface area contributed by atoms with Gasteiger partial charge in [0, 0.05) is 42.9 Å². The predicted octanol–water partition coefficient (Wildman–Crippen LogP) is 2.59. The van der Waals surface area contributed by atoms with Crippen LogP contribution in [0.1, 0.15) is 18.5 Å². The molecule has 0 aliphatic rings. The standard InChI is InChI=1S/C17H19F2N3O5S/c1-3-21(28(25,26)12-6-4-11(5-7-12)22(23)24)10-16(20)13-8-15(19)17(27-2)9-14(13)18/h4-9,16H,3,10,20H2,1-2H3/t16-/m0/s1. The monoisotopic (exact) mass is 415 g/mol. The highest BCUT2D eigenvalue weighted by atomic mass is 32.2. The number of ether oxygens (including phenoxy) is 1. The number of hydrogen-bond acceptors (Lipinski definition) is 6. The highest BCUT2D eigenvalue weighted by Gasteiger charge is 2.27. The number of likely N-dealkylation sites (N-methyl/N-ethyl adjacent to an activating group) is 1. The molecule has 0 radical (unpaired) electrons. The molecule has 11 heteroatoms. The number of non-ortho nitro benzene ring substituents is 1. The second-order valence-corrected chi connectivity index (χ2v) is 7.76. The van der Waals surface area contributed by atoms with Gasteiger partial charge in [-0.3, -0.25) is 10.1 Å². The first-order chi connectivity index (χ1) is 13.1. The number of nitro groups is 1. The smallest absolute Gasteiger partial charge is 0.269 e. The number of halogens is 2. The van der Waals surface area contributed by atoms with Crippen molar-refractivity contribution in [1.29, 1.82) is 0 Å². The largest absolute Gasteiger partial charge is 0.494 e. The van der Waals surface area contributed by atoms with Crippen LogP contribution in [0.4, 0.5) is 14.5 Å². The third-order valence-corrected chi connectivity index (χ3v) is 6.06. The summed E-state index contributed by atoms with van der Waals surface area (Å²) in [5.74, 6) is -1.94. The summed E-state index contributed by atoms with van der Waals surface area (Å²) in [6.07, 6.45) is 0. The van der Waals surface area contributed by atoms with E-state index >= 15 is 0 Å². The van der Waals surface area contributed by atoms with Gasteiger partial charge in [-0.2, -0.15) is 4.31 Å². The van der Waals surface area contributed by atoms with Gasteiger partial charge < -0.3 is 10.5 Å². The van der Waals surface area contributed by atoms with Crippen LogP contribution < -0.4 is 10.5 Å². The highest BCUT2D eigenvalue weighted by Crippen LogP contribution is 2.26. The van der Waals surface area contributed by atoms with E-state index in [0.29, 0.717) is 0 Å². The lowest BCUT2D eigenvalue weighted by Crippen LogP contribution is -2.37. The van der Waals surface area contributed by atoms with Crippen molar-refractivity contribution in [2.75, 3.05) is 20.2 Å². The molecule has 8 nitrogen and oxygen atoms in total. The van der Waals surface area contributed by atoms with E-state index in [1.165, 1.54) is 7.11 Å². The number of rotatable bonds is 8. The molecule has 0 fully saturated rings. The third-order valence-electron chi connectivity index (χ3n) is 4.11. The Morgan fingerprint density at radius 3 is 2.32 bits per heavy atom.